The van der Waals surface area contributed by atoms with Gasteiger partial charge in [0.15, 0.2) is 5.96 Å². The Balaban J connectivity index is 1.74. The molecule has 22 heavy (non-hydrogen) atoms. The van der Waals surface area contributed by atoms with Gasteiger partial charge in [-0.1, -0.05) is 18.2 Å². The molecule has 0 saturated carbocycles. The molecule has 1 aromatic heterocycles. The summed E-state index contributed by atoms with van der Waals surface area (Å²) in [5.41, 5.74) is 1.06. The van der Waals surface area contributed by atoms with Crippen LogP contribution in [0.3, 0.4) is 0 Å². The van der Waals surface area contributed by atoms with Gasteiger partial charge in [0.1, 0.15) is 12.4 Å². The monoisotopic (exact) mass is 318 g/mol. The zero-order chi connectivity index (χ0) is 15.8. The summed E-state index contributed by atoms with van der Waals surface area (Å²) in [6.07, 6.45) is 0. The Morgan fingerprint density at radius 1 is 1.36 bits per heavy atom. The van der Waals surface area contributed by atoms with Crippen LogP contribution in [-0.2, 0) is 6.54 Å². The maximum atomic E-state index is 5.66. The van der Waals surface area contributed by atoms with Crippen molar-refractivity contribution in [3.63, 3.8) is 0 Å². The standard InChI is InChI=1S/C16H22N4OS/c1-13-19-14(12-22-13)11-20(3)16(17-2)18-9-10-21-15-7-5-4-6-8-15/h4-8,12H,9-11H2,1-3H3,(H,17,18). The first-order valence-electron chi connectivity index (χ1n) is 7.19. The number of aryl methyl sites for hydroxylation is 1. The van der Waals surface area contributed by atoms with Crippen molar-refractivity contribution in [1.82, 2.24) is 15.2 Å². The quantitative estimate of drug-likeness (QED) is 0.505. The fraction of sp³-hybridized carbons (Fsp3) is 0.375. The molecule has 0 aliphatic carbocycles. The second-order valence-electron chi connectivity index (χ2n) is 4.85. The van der Waals surface area contributed by atoms with Crippen LogP contribution in [0.15, 0.2) is 40.7 Å². The lowest BCUT2D eigenvalue weighted by molar-refractivity contribution is 0.319. The lowest BCUT2D eigenvalue weighted by Crippen LogP contribution is -2.40. The lowest BCUT2D eigenvalue weighted by Gasteiger charge is -2.21. The maximum Gasteiger partial charge on any atom is 0.193 e. The number of ether oxygens (including phenoxy) is 1. The third kappa shape index (κ3) is 5.04. The van der Waals surface area contributed by atoms with Gasteiger partial charge in [0.2, 0.25) is 0 Å². The molecular weight excluding hydrogens is 296 g/mol. The maximum absolute atomic E-state index is 5.66. The molecule has 0 atom stereocenters. The number of nitrogens with zero attached hydrogens (tertiary/aromatic N) is 3. The van der Waals surface area contributed by atoms with Crippen LogP contribution in [0.1, 0.15) is 10.7 Å². The SMILES string of the molecule is CN=C(NCCOc1ccccc1)N(C)Cc1csc(C)n1. The first-order valence-corrected chi connectivity index (χ1v) is 8.07. The Kier molecular flexibility index (Phi) is 6.21. The van der Waals surface area contributed by atoms with Gasteiger partial charge in [-0.25, -0.2) is 4.98 Å². The average Bonchev–Trinajstić information content (AvgIpc) is 2.93. The summed E-state index contributed by atoms with van der Waals surface area (Å²) in [7, 11) is 3.78. The number of benzene rings is 1. The zero-order valence-electron chi connectivity index (χ0n) is 13.2. The smallest absolute Gasteiger partial charge is 0.193 e. The number of aliphatic imine (C=N–C) groups is 1. The van der Waals surface area contributed by atoms with Crippen LogP contribution in [0.25, 0.3) is 0 Å². The largest absolute Gasteiger partial charge is 0.492 e. The molecule has 0 aliphatic rings. The molecule has 0 unspecified atom stereocenters. The second kappa shape index (κ2) is 8.38. The molecule has 2 rings (SSSR count). The van der Waals surface area contributed by atoms with E-state index in [1.807, 2.05) is 44.3 Å². The third-order valence-electron chi connectivity index (χ3n) is 3.04. The molecule has 1 aromatic carbocycles. The highest BCUT2D eigenvalue weighted by Crippen LogP contribution is 2.10. The van der Waals surface area contributed by atoms with E-state index < -0.39 is 0 Å². The number of rotatable bonds is 6. The van der Waals surface area contributed by atoms with Gasteiger partial charge in [0, 0.05) is 19.5 Å². The molecule has 2 aromatic rings. The Labute approximate surface area is 135 Å². The molecule has 0 spiro atoms. The first kappa shape index (κ1) is 16.3. The Bertz CT molecular complexity index is 597. The van der Waals surface area contributed by atoms with E-state index in [2.05, 4.69) is 25.6 Å². The molecule has 0 aliphatic heterocycles. The highest BCUT2D eigenvalue weighted by Gasteiger charge is 2.08. The minimum atomic E-state index is 0.590. The topological polar surface area (TPSA) is 49.8 Å². The van der Waals surface area contributed by atoms with Crippen LogP contribution < -0.4 is 10.1 Å². The van der Waals surface area contributed by atoms with Crippen LogP contribution in [0, 0.1) is 6.92 Å². The normalized spacial score (nSPS) is 11.3. The molecule has 118 valence electrons. The predicted octanol–water partition coefficient (Wildman–Crippen LogP) is 2.54. The summed E-state index contributed by atoms with van der Waals surface area (Å²) in [6, 6.07) is 9.80. The van der Waals surface area contributed by atoms with E-state index in [9.17, 15) is 0 Å². The first-order chi connectivity index (χ1) is 10.7. The van der Waals surface area contributed by atoms with Gasteiger partial charge in [0.25, 0.3) is 0 Å². The minimum Gasteiger partial charge on any atom is -0.492 e. The average molecular weight is 318 g/mol. The number of hydrogen-bond donors (Lipinski definition) is 1. The Morgan fingerprint density at radius 2 is 2.14 bits per heavy atom. The van der Waals surface area contributed by atoms with Crippen molar-refractivity contribution in [1.29, 1.82) is 0 Å². The van der Waals surface area contributed by atoms with E-state index >= 15 is 0 Å². The van der Waals surface area contributed by atoms with Gasteiger partial charge in [-0.2, -0.15) is 0 Å². The highest BCUT2D eigenvalue weighted by molar-refractivity contribution is 7.09. The Hall–Kier alpha value is -2.08. The zero-order valence-corrected chi connectivity index (χ0v) is 14.1. The van der Waals surface area contributed by atoms with Gasteiger partial charge in [-0.05, 0) is 19.1 Å². The van der Waals surface area contributed by atoms with Crippen molar-refractivity contribution in [2.24, 2.45) is 4.99 Å². The summed E-state index contributed by atoms with van der Waals surface area (Å²) in [5, 5.41) is 6.46. The molecule has 0 fully saturated rings. The molecule has 5 nitrogen and oxygen atoms in total. The molecular formula is C16H22N4OS. The predicted molar refractivity (Wildman–Crippen MR) is 91.6 cm³/mol. The summed E-state index contributed by atoms with van der Waals surface area (Å²) >= 11 is 1.67. The van der Waals surface area contributed by atoms with Gasteiger partial charge in [0.05, 0.1) is 23.8 Å². The van der Waals surface area contributed by atoms with Crippen molar-refractivity contribution < 1.29 is 4.74 Å². The number of aromatic nitrogens is 1. The van der Waals surface area contributed by atoms with E-state index in [0.29, 0.717) is 13.2 Å². The van der Waals surface area contributed by atoms with Crippen LogP contribution in [0.5, 0.6) is 5.75 Å². The van der Waals surface area contributed by atoms with Gasteiger partial charge < -0.3 is 15.0 Å². The van der Waals surface area contributed by atoms with Crippen molar-refractivity contribution in [2.75, 3.05) is 27.2 Å². The van der Waals surface area contributed by atoms with Crippen molar-refractivity contribution >= 4 is 17.3 Å². The summed E-state index contributed by atoms with van der Waals surface area (Å²) in [4.78, 5) is 10.8. The molecule has 0 radical (unpaired) electrons. The van der Waals surface area contributed by atoms with Crippen molar-refractivity contribution in [3.05, 3.63) is 46.4 Å². The number of para-hydroxylation sites is 1. The van der Waals surface area contributed by atoms with Gasteiger partial charge in [-0.3, -0.25) is 4.99 Å². The lowest BCUT2D eigenvalue weighted by atomic mass is 10.3. The molecule has 1 N–H and O–H groups in total. The van der Waals surface area contributed by atoms with E-state index in [-0.39, 0.29) is 0 Å². The third-order valence-corrected chi connectivity index (χ3v) is 3.86. The number of hydrogen-bond acceptors (Lipinski definition) is 4. The van der Waals surface area contributed by atoms with E-state index in [1.165, 1.54) is 0 Å². The molecule has 0 bridgehead atoms. The fourth-order valence-electron chi connectivity index (χ4n) is 2.03. The summed E-state index contributed by atoms with van der Waals surface area (Å²) < 4.78 is 5.66. The number of thiazole rings is 1. The van der Waals surface area contributed by atoms with E-state index in [4.69, 9.17) is 4.74 Å². The number of nitrogens with one attached hydrogen (secondary N) is 1. The fourth-order valence-corrected chi connectivity index (χ4v) is 2.64. The summed E-state index contributed by atoms with van der Waals surface area (Å²) in [5.74, 6) is 1.72. The highest BCUT2D eigenvalue weighted by atomic mass is 32.1. The van der Waals surface area contributed by atoms with Crippen LogP contribution in [0.2, 0.25) is 0 Å². The van der Waals surface area contributed by atoms with Crippen LogP contribution in [0.4, 0.5) is 0 Å². The molecule has 1 heterocycles. The van der Waals surface area contributed by atoms with Crippen molar-refractivity contribution in [3.8, 4) is 5.75 Å². The van der Waals surface area contributed by atoms with Gasteiger partial charge >= 0.3 is 0 Å². The minimum absolute atomic E-state index is 0.590. The second-order valence-corrected chi connectivity index (χ2v) is 5.91. The molecule has 0 saturated heterocycles. The molecule has 6 heteroatoms. The van der Waals surface area contributed by atoms with E-state index in [1.54, 1.807) is 18.4 Å². The summed E-state index contributed by atoms with van der Waals surface area (Å²) in [6.45, 7) is 4.04. The molecule has 0 amide bonds. The van der Waals surface area contributed by atoms with Gasteiger partial charge in [-0.15, -0.1) is 11.3 Å². The Morgan fingerprint density at radius 3 is 2.77 bits per heavy atom. The number of guanidine groups is 1. The van der Waals surface area contributed by atoms with Crippen LogP contribution >= 0.6 is 11.3 Å². The van der Waals surface area contributed by atoms with Crippen molar-refractivity contribution in [2.45, 2.75) is 13.5 Å². The van der Waals surface area contributed by atoms with Crippen LogP contribution in [-0.4, -0.2) is 43.1 Å². The van der Waals surface area contributed by atoms with E-state index in [0.717, 1.165) is 29.0 Å².